The van der Waals surface area contributed by atoms with Gasteiger partial charge in [-0.2, -0.15) is 0 Å². The predicted molar refractivity (Wildman–Crippen MR) is 78.7 cm³/mol. The van der Waals surface area contributed by atoms with Gasteiger partial charge in [0, 0.05) is 6.04 Å². The van der Waals surface area contributed by atoms with Crippen LogP contribution in [0.5, 0.6) is 5.75 Å². The Hall–Kier alpha value is -2.63. The van der Waals surface area contributed by atoms with Crippen LogP contribution in [0.25, 0.3) is 6.08 Å². The number of imide groups is 2. The van der Waals surface area contributed by atoms with Gasteiger partial charge >= 0.3 is 6.03 Å². The highest BCUT2D eigenvalue weighted by Gasteiger charge is 2.40. The molecule has 22 heavy (non-hydrogen) atoms. The maximum Gasteiger partial charge on any atom is 0.331 e. The minimum Gasteiger partial charge on any atom is -0.508 e. The molecule has 114 valence electrons. The van der Waals surface area contributed by atoms with Crippen molar-refractivity contribution in [1.29, 1.82) is 0 Å². The zero-order valence-electron chi connectivity index (χ0n) is 11.9. The van der Waals surface area contributed by atoms with Crippen LogP contribution in [0.1, 0.15) is 31.2 Å². The third kappa shape index (κ3) is 2.59. The maximum absolute atomic E-state index is 12.5. The van der Waals surface area contributed by atoms with E-state index in [0.29, 0.717) is 5.56 Å². The molecule has 0 spiro atoms. The standard InChI is InChI=1S/C16H16N2O4/c19-12-7-3-4-10(8-12)9-13-14(20)17-16(22)18(15(13)21)11-5-1-2-6-11/h3-4,7-9,11,19H,1-2,5-6H2,(H,17,20,22)/b13-9+. The highest BCUT2D eigenvalue weighted by Crippen LogP contribution is 2.27. The van der Waals surface area contributed by atoms with Gasteiger partial charge in [0.1, 0.15) is 11.3 Å². The molecule has 1 saturated carbocycles. The molecule has 1 saturated heterocycles. The number of phenols is 1. The van der Waals surface area contributed by atoms with Crippen LogP contribution in [-0.4, -0.2) is 33.9 Å². The minimum absolute atomic E-state index is 0.0433. The summed E-state index contributed by atoms with van der Waals surface area (Å²) in [5.74, 6) is -1.22. The third-order valence-electron chi connectivity index (χ3n) is 4.00. The van der Waals surface area contributed by atoms with E-state index in [1.807, 2.05) is 0 Å². The number of hydrogen-bond acceptors (Lipinski definition) is 4. The molecule has 1 aromatic carbocycles. The number of barbiturate groups is 1. The monoisotopic (exact) mass is 300 g/mol. The number of carbonyl (C=O) groups is 3. The number of phenolic OH excluding ortho intramolecular Hbond substituents is 1. The summed E-state index contributed by atoms with van der Waals surface area (Å²) in [4.78, 5) is 37.6. The normalized spacial score (nSPS) is 21.5. The Morgan fingerprint density at radius 3 is 2.59 bits per heavy atom. The van der Waals surface area contributed by atoms with Gasteiger partial charge in [-0.3, -0.25) is 19.8 Å². The van der Waals surface area contributed by atoms with Crippen molar-refractivity contribution in [2.24, 2.45) is 0 Å². The van der Waals surface area contributed by atoms with Crippen LogP contribution >= 0.6 is 0 Å². The van der Waals surface area contributed by atoms with E-state index in [4.69, 9.17) is 0 Å². The fourth-order valence-corrected chi connectivity index (χ4v) is 2.95. The number of rotatable bonds is 2. The van der Waals surface area contributed by atoms with E-state index in [2.05, 4.69) is 5.32 Å². The van der Waals surface area contributed by atoms with Gasteiger partial charge in [-0.15, -0.1) is 0 Å². The number of urea groups is 1. The molecule has 2 N–H and O–H groups in total. The summed E-state index contributed by atoms with van der Waals surface area (Å²) in [6.07, 6.45) is 4.88. The quantitative estimate of drug-likeness (QED) is 0.644. The second-order valence-electron chi connectivity index (χ2n) is 5.53. The highest BCUT2D eigenvalue weighted by molar-refractivity contribution is 6.31. The van der Waals surface area contributed by atoms with Crippen molar-refractivity contribution >= 4 is 23.9 Å². The van der Waals surface area contributed by atoms with Crippen LogP contribution < -0.4 is 5.32 Å². The second kappa shape index (κ2) is 5.63. The molecule has 0 unspecified atom stereocenters. The van der Waals surface area contributed by atoms with Gasteiger partial charge < -0.3 is 5.11 Å². The molecule has 0 aromatic heterocycles. The summed E-state index contributed by atoms with van der Waals surface area (Å²) in [5, 5.41) is 11.7. The van der Waals surface area contributed by atoms with Crippen LogP contribution in [-0.2, 0) is 9.59 Å². The molecule has 2 fully saturated rings. The van der Waals surface area contributed by atoms with Gasteiger partial charge in [-0.25, -0.2) is 4.79 Å². The topological polar surface area (TPSA) is 86.7 Å². The molecule has 0 bridgehead atoms. The molecule has 6 heteroatoms. The first-order valence-corrected chi connectivity index (χ1v) is 7.26. The first kappa shape index (κ1) is 14.3. The summed E-state index contributed by atoms with van der Waals surface area (Å²) in [6.45, 7) is 0. The zero-order chi connectivity index (χ0) is 15.7. The molecular formula is C16H16N2O4. The average molecular weight is 300 g/mol. The Morgan fingerprint density at radius 2 is 1.91 bits per heavy atom. The Labute approximate surface area is 127 Å². The summed E-state index contributed by atoms with van der Waals surface area (Å²) in [6, 6.07) is 5.45. The predicted octanol–water partition coefficient (Wildman–Crippen LogP) is 1.80. The van der Waals surface area contributed by atoms with Crippen molar-refractivity contribution in [2.75, 3.05) is 0 Å². The van der Waals surface area contributed by atoms with Gasteiger partial charge in [0.2, 0.25) is 0 Å². The molecule has 1 aromatic rings. The second-order valence-corrected chi connectivity index (χ2v) is 5.53. The summed E-state index contributed by atoms with van der Waals surface area (Å²) in [7, 11) is 0. The first-order chi connectivity index (χ1) is 10.6. The van der Waals surface area contributed by atoms with Crippen molar-refractivity contribution in [2.45, 2.75) is 31.7 Å². The minimum atomic E-state index is -0.701. The number of carbonyl (C=O) groups excluding carboxylic acids is 3. The maximum atomic E-state index is 12.5. The van der Waals surface area contributed by atoms with E-state index in [1.54, 1.807) is 12.1 Å². The molecule has 3 rings (SSSR count). The van der Waals surface area contributed by atoms with Gasteiger partial charge in [-0.1, -0.05) is 25.0 Å². The van der Waals surface area contributed by atoms with Crippen molar-refractivity contribution in [3.63, 3.8) is 0 Å². The third-order valence-corrected chi connectivity index (χ3v) is 4.00. The van der Waals surface area contributed by atoms with Crippen LogP contribution in [0.4, 0.5) is 4.79 Å². The number of amides is 4. The molecular weight excluding hydrogens is 284 g/mol. The van der Waals surface area contributed by atoms with Crippen molar-refractivity contribution < 1.29 is 19.5 Å². The van der Waals surface area contributed by atoms with Crippen LogP contribution in [0.3, 0.4) is 0 Å². The van der Waals surface area contributed by atoms with Crippen LogP contribution in [0, 0.1) is 0 Å². The van der Waals surface area contributed by atoms with E-state index in [0.717, 1.165) is 30.6 Å². The van der Waals surface area contributed by atoms with Crippen molar-refractivity contribution in [3.05, 3.63) is 35.4 Å². The van der Waals surface area contributed by atoms with Gasteiger partial charge in [-0.05, 0) is 36.6 Å². The zero-order valence-corrected chi connectivity index (χ0v) is 11.9. The molecule has 1 heterocycles. The summed E-state index contributed by atoms with van der Waals surface area (Å²) in [5.41, 5.74) is 0.441. The Morgan fingerprint density at radius 1 is 1.18 bits per heavy atom. The van der Waals surface area contributed by atoms with E-state index < -0.39 is 17.8 Å². The lowest BCUT2D eigenvalue weighted by molar-refractivity contribution is -0.131. The summed E-state index contributed by atoms with van der Waals surface area (Å²) >= 11 is 0. The van der Waals surface area contributed by atoms with E-state index in [-0.39, 0.29) is 17.4 Å². The molecule has 2 aliphatic rings. The van der Waals surface area contributed by atoms with Crippen LogP contribution in [0.15, 0.2) is 29.8 Å². The molecule has 0 radical (unpaired) electrons. The van der Waals surface area contributed by atoms with Gasteiger partial charge in [0.15, 0.2) is 0 Å². The van der Waals surface area contributed by atoms with E-state index >= 15 is 0 Å². The fraction of sp³-hybridized carbons (Fsp3) is 0.312. The fourth-order valence-electron chi connectivity index (χ4n) is 2.95. The largest absolute Gasteiger partial charge is 0.508 e. The number of aromatic hydroxyl groups is 1. The average Bonchev–Trinajstić information content (AvgIpc) is 2.97. The molecule has 0 atom stereocenters. The lowest BCUT2D eigenvalue weighted by Gasteiger charge is -2.31. The first-order valence-electron chi connectivity index (χ1n) is 7.26. The lowest BCUT2D eigenvalue weighted by atomic mass is 10.1. The Bertz CT molecular complexity index is 674. The number of hydrogen-bond donors (Lipinski definition) is 2. The van der Waals surface area contributed by atoms with E-state index in [9.17, 15) is 19.5 Å². The molecule has 6 nitrogen and oxygen atoms in total. The highest BCUT2D eigenvalue weighted by atomic mass is 16.3. The molecule has 1 aliphatic carbocycles. The van der Waals surface area contributed by atoms with Gasteiger partial charge in [0.05, 0.1) is 0 Å². The Kier molecular flexibility index (Phi) is 3.66. The summed E-state index contributed by atoms with van der Waals surface area (Å²) < 4.78 is 0. The van der Waals surface area contributed by atoms with Crippen LogP contribution in [0.2, 0.25) is 0 Å². The Balaban J connectivity index is 1.94. The van der Waals surface area contributed by atoms with E-state index in [1.165, 1.54) is 18.2 Å². The number of benzene rings is 1. The molecule has 1 aliphatic heterocycles. The van der Waals surface area contributed by atoms with Crippen molar-refractivity contribution in [3.8, 4) is 5.75 Å². The lowest BCUT2D eigenvalue weighted by Crippen LogP contribution is -2.57. The smallest absolute Gasteiger partial charge is 0.331 e. The van der Waals surface area contributed by atoms with Crippen molar-refractivity contribution in [1.82, 2.24) is 10.2 Å². The molecule has 4 amide bonds. The number of nitrogens with zero attached hydrogens (tertiary/aromatic N) is 1. The SMILES string of the molecule is O=C1NC(=O)N(C2CCCC2)C(=O)/C1=C/c1cccc(O)c1. The number of nitrogens with one attached hydrogen (secondary N) is 1. The van der Waals surface area contributed by atoms with Gasteiger partial charge in [0.25, 0.3) is 11.8 Å².